The molecule has 1 aliphatic heterocycles. The maximum atomic E-state index is 13.7. The molecule has 2 amide bonds. The van der Waals surface area contributed by atoms with Gasteiger partial charge in [0.15, 0.2) is 0 Å². The molecule has 5 atom stereocenters. The zero-order valence-corrected chi connectivity index (χ0v) is 25.0. The van der Waals surface area contributed by atoms with Crippen molar-refractivity contribution in [1.29, 1.82) is 0 Å². The van der Waals surface area contributed by atoms with Gasteiger partial charge in [-0.25, -0.2) is 4.79 Å². The number of hydrogen-bond acceptors (Lipinski definition) is 6. The number of rotatable bonds is 12. The number of amides is 2. The molecule has 6 N–H and O–H groups in total. The molecule has 2 aromatic rings. The van der Waals surface area contributed by atoms with E-state index >= 15 is 0 Å². The Labute approximate surface area is 252 Å². The van der Waals surface area contributed by atoms with Crippen molar-refractivity contribution in [3.63, 3.8) is 0 Å². The molecule has 2 aromatic carbocycles. The number of carboxylic acid groups (broad SMARTS) is 1. The molecule has 1 heterocycles. The van der Waals surface area contributed by atoms with E-state index in [0.717, 1.165) is 29.5 Å². The Morgan fingerprint density at radius 1 is 1.14 bits per heavy atom. The van der Waals surface area contributed by atoms with Crippen LogP contribution in [-0.2, 0) is 16.8 Å². The highest BCUT2D eigenvalue weighted by Crippen LogP contribution is 2.46. The third-order valence-corrected chi connectivity index (χ3v) is 9.23. The number of nitrogens with zero attached hydrogens (tertiary/aromatic N) is 1. The summed E-state index contributed by atoms with van der Waals surface area (Å²) in [6, 6.07) is 13.4. The van der Waals surface area contributed by atoms with Gasteiger partial charge in [0.25, 0.3) is 0 Å². The normalized spacial score (nSPS) is 23.9. The van der Waals surface area contributed by atoms with E-state index in [1.165, 1.54) is 0 Å². The molecule has 42 heavy (non-hydrogen) atoms. The monoisotopic (exact) mass is 601 g/mol. The number of halogens is 1. The second kappa shape index (κ2) is 14.7. The highest BCUT2D eigenvalue weighted by Gasteiger charge is 2.45. The average Bonchev–Trinajstić information content (AvgIpc) is 3.37. The van der Waals surface area contributed by atoms with E-state index in [1.54, 1.807) is 0 Å². The number of aliphatic hydroxyl groups is 3. The molecule has 0 radical (unpaired) electrons. The van der Waals surface area contributed by atoms with Gasteiger partial charge in [0.2, 0.25) is 5.91 Å². The molecule has 1 aliphatic carbocycles. The lowest BCUT2D eigenvalue weighted by atomic mass is 9.72. The fourth-order valence-corrected chi connectivity index (χ4v) is 7.03. The van der Waals surface area contributed by atoms with E-state index in [4.69, 9.17) is 21.8 Å². The fourth-order valence-electron chi connectivity index (χ4n) is 6.75. The van der Waals surface area contributed by atoms with Crippen molar-refractivity contribution in [3.8, 4) is 11.1 Å². The number of hydrogen-bond donors (Lipinski definition) is 6. The summed E-state index contributed by atoms with van der Waals surface area (Å²) in [6.07, 6.45) is 2.05. The van der Waals surface area contributed by atoms with Gasteiger partial charge >= 0.3 is 6.09 Å². The largest absolute Gasteiger partial charge is 0.465 e. The predicted octanol–water partition coefficient (Wildman–Crippen LogP) is 3.76. The van der Waals surface area contributed by atoms with E-state index in [0.29, 0.717) is 55.9 Å². The molecule has 10 heteroatoms. The van der Waals surface area contributed by atoms with Crippen LogP contribution in [0.25, 0.3) is 11.1 Å². The highest BCUT2D eigenvalue weighted by molar-refractivity contribution is 6.33. The van der Waals surface area contributed by atoms with Crippen LogP contribution < -0.4 is 10.6 Å². The van der Waals surface area contributed by atoms with E-state index in [-0.39, 0.29) is 43.4 Å². The minimum atomic E-state index is -1.37. The first kappa shape index (κ1) is 32.2. The number of aliphatic hydroxyl groups excluding tert-OH is 2. The quantitative estimate of drug-likeness (QED) is 0.203. The van der Waals surface area contributed by atoms with Crippen LogP contribution >= 0.6 is 11.6 Å². The van der Waals surface area contributed by atoms with E-state index in [2.05, 4.69) is 29.7 Å². The number of benzene rings is 2. The van der Waals surface area contributed by atoms with Crippen LogP contribution in [-0.4, -0.2) is 82.3 Å². The Hall–Kier alpha value is -2.69. The van der Waals surface area contributed by atoms with Crippen molar-refractivity contribution in [2.45, 2.75) is 69.6 Å². The summed E-state index contributed by atoms with van der Waals surface area (Å²) in [4.78, 5) is 26.6. The van der Waals surface area contributed by atoms with Crippen LogP contribution in [0.5, 0.6) is 0 Å². The number of piperidine rings is 1. The summed E-state index contributed by atoms with van der Waals surface area (Å²) in [5.74, 6) is -0.661. The smallest absolute Gasteiger partial charge is 0.404 e. The Balaban J connectivity index is 1.64. The van der Waals surface area contributed by atoms with Crippen LogP contribution in [0.4, 0.5) is 4.79 Å². The first-order valence-electron chi connectivity index (χ1n) is 15.1. The molecule has 230 valence electrons. The van der Waals surface area contributed by atoms with Crippen molar-refractivity contribution < 1.29 is 30.0 Å². The topological polar surface area (TPSA) is 142 Å². The summed E-state index contributed by atoms with van der Waals surface area (Å²) in [6.45, 7) is 3.53. The summed E-state index contributed by atoms with van der Waals surface area (Å²) < 4.78 is 0. The number of carbonyl (C=O) groups is 2. The molecule has 4 rings (SSSR count). The summed E-state index contributed by atoms with van der Waals surface area (Å²) >= 11 is 6.83. The number of likely N-dealkylation sites (tertiary alicyclic amines) is 1. The molecular formula is C32H44ClN3O6. The molecule has 0 spiro atoms. The predicted molar refractivity (Wildman–Crippen MR) is 162 cm³/mol. The molecular weight excluding hydrogens is 558 g/mol. The first-order valence-corrected chi connectivity index (χ1v) is 15.4. The van der Waals surface area contributed by atoms with Gasteiger partial charge in [-0.3, -0.25) is 4.79 Å². The van der Waals surface area contributed by atoms with Crippen molar-refractivity contribution >= 4 is 23.6 Å². The lowest BCUT2D eigenvalue weighted by Gasteiger charge is -2.44. The fraction of sp³-hybridized carbons (Fsp3) is 0.562. The maximum absolute atomic E-state index is 13.7. The Bertz CT molecular complexity index is 1230. The highest BCUT2D eigenvalue weighted by atomic mass is 35.5. The van der Waals surface area contributed by atoms with Crippen LogP contribution in [0.1, 0.15) is 56.6 Å². The SMILES string of the molecule is CCc1cccc(-c2c(Cl)cccc2[C@](O)(CCCNC(=O)O)[C@@H]2CCCN(C(=O)[C@@H]3C[C@H](O)[C@H](NCCO)C3)C2)c1. The van der Waals surface area contributed by atoms with Gasteiger partial charge in [0.1, 0.15) is 0 Å². The van der Waals surface area contributed by atoms with Crippen molar-refractivity contribution in [2.24, 2.45) is 11.8 Å². The summed E-state index contributed by atoms with van der Waals surface area (Å²) in [5.41, 5.74) is 2.11. The number of carbonyl (C=O) groups excluding carboxylic acids is 1. The molecule has 0 aromatic heterocycles. The zero-order valence-electron chi connectivity index (χ0n) is 24.3. The van der Waals surface area contributed by atoms with Gasteiger partial charge in [0.05, 0.1) is 18.3 Å². The summed E-state index contributed by atoms with van der Waals surface area (Å²) in [7, 11) is 0. The number of nitrogens with one attached hydrogen (secondary N) is 2. The van der Waals surface area contributed by atoms with E-state index < -0.39 is 17.8 Å². The standard InChI is InChI=1S/C32H44ClN3O6/c1-2-21-7-3-8-22(17-21)29-25(10-4-11-26(29)33)32(42,12-6-13-35-31(40)41)24-9-5-15-36(20-24)30(39)23-18-27(28(38)19-23)34-14-16-37/h3-4,7-8,10-11,17,23-24,27-28,34-35,37-38,42H,2,5-6,9,12-16,18-20H2,1H3,(H,40,41)/t23-,24+,27+,28-,32-/m0/s1. The minimum absolute atomic E-state index is 0.0242. The Kier molecular flexibility index (Phi) is 11.3. The number of aryl methyl sites for hydroxylation is 1. The lowest BCUT2D eigenvalue weighted by molar-refractivity contribution is -0.141. The molecule has 2 fully saturated rings. The van der Waals surface area contributed by atoms with E-state index in [9.17, 15) is 19.8 Å². The second-order valence-electron chi connectivity index (χ2n) is 11.6. The molecule has 1 saturated heterocycles. The Morgan fingerprint density at radius 3 is 2.67 bits per heavy atom. The molecule has 0 unspecified atom stereocenters. The minimum Gasteiger partial charge on any atom is -0.465 e. The van der Waals surface area contributed by atoms with Crippen LogP contribution in [0.15, 0.2) is 42.5 Å². The first-order chi connectivity index (χ1) is 20.2. The van der Waals surface area contributed by atoms with Crippen molar-refractivity contribution in [1.82, 2.24) is 15.5 Å². The van der Waals surface area contributed by atoms with Gasteiger partial charge in [-0.05, 0) is 67.7 Å². The third-order valence-electron chi connectivity index (χ3n) is 8.92. The summed E-state index contributed by atoms with van der Waals surface area (Å²) in [5, 5.41) is 47.5. The van der Waals surface area contributed by atoms with Gasteiger partial charge < -0.3 is 36.0 Å². The second-order valence-corrected chi connectivity index (χ2v) is 12.0. The Morgan fingerprint density at radius 2 is 1.93 bits per heavy atom. The van der Waals surface area contributed by atoms with E-state index in [1.807, 2.05) is 35.2 Å². The van der Waals surface area contributed by atoms with Crippen LogP contribution in [0.2, 0.25) is 5.02 Å². The van der Waals surface area contributed by atoms with Gasteiger partial charge in [-0.15, -0.1) is 0 Å². The van der Waals surface area contributed by atoms with Gasteiger partial charge in [-0.2, -0.15) is 0 Å². The average molecular weight is 602 g/mol. The third kappa shape index (κ3) is 7.44. The van der Waals surface area contributed by atoms with Crippen molar-refractivity contribution in [3.05, 3.63) is 58.6 Å². The molecule has 0 bridgehead atoms. The van der Waals surface area contributed by atoms with Crippen LogP contribution in [0, 0.1) is 11.8 Å². The lowest BCUT2D eigenvalue weighted by Crippen LogP contribution is -2.49. The molecule has 2 aliphatic rings. The maximum Gasteiger partial charge on any atom is 0.404 e. The van der Waals surface area contributed by atoms with Gasteiger partial charge in [0, 0.05) is 54.6 Å². The van der Waals surface area contributed by atoms with Gasteiger partial charge in [-0.1, -0.05) is 54.9 Å². The molecule has 1 saturated carbocycles. The molecule has 9 nitrogen and oxygen atoms in total. The van der Waals surface area contributed by atoms with Crippen molar-refractivity contribution in [2.75, 3.05) is 32.8 Å². The zero-order chi connectivity index (χ0) is 30.3. The van der Waals surface area contributed by atoms with Crippen LogP contribution in [0.3, 0.4) is 0 Å².